The van der Waals surface area contributed by atoms with Gasteiger partial charge in [0.05, 0.1) is 15.9 Å². The zero-order chi connectivity index (χ0) is 18.9. The van der Waals surface area contributed by atoms with Crippen molar-refractivity contribution in [3.63, 3.8) is 0 Å². The van der Waals surface area contributed by atoms with E-state index in [1.807, 2.05) is 0 Å². The van der Waals surface area contributed by atoms with Gasteiger partial charge in [-0.15, -0.1) is 0 Å². The van der Waals surface area contributed by atoms with Crippen molar-refractivity contribution in [3.8, 4) is 0 Å². The number of nitrogens with one attached hydrogen (secondary N) is 1. The summed E-state index contributed by atoms with van der Waals surface area (Å²) in [5.74, 6) is 0. The third kappa shape index (κ3) is 3.35. The summed E-state index contributed by atoms with van der Waals surface area (Å²) in [6.07, 6.45) is 4.90. The minimum atomic E-state index is -3.67. The molecule has 1 heterocycles. The van der Waals surface area contributed by atoms with E-state index >= 15 is 0 Å². The van der Waals surface area contributed by atoms with Crippen molar-refractivity contribution in [1.82, 2.24) is 13.9 Å². The lowest BCUT2D eigenvalue weighted by atomic mass is 9.96. The van der Waals surface area contributed by atoms with Crippen molar-refractivity contribution in [2.24, 2.45) is 0 Å². The van der Waals surface area contributed by atoms with E-state index in [-0.39, 0.29) is 10.9 Å². The van der Waals surface area contributed by atoms with Crippen LogP contribution in [-0.2, 0) is 23.1 Å². The van der Waals surface area contributed by atoms with Crippen molar-refractivity contribution in [3.05, 3.63) is 38.9 Å². The highest BCUT2D eigenvalue weighted by molar-refractivity contribution is 7.89. The number of benzene rings is 1. The van der Waals surface area contributed by atoms with Gasteiger partial charge in [-0.1, -0.05) is 19.3 Å². The fourth-order valence-electron chi connectivity index (χ4n) is 3.70. The van der Waals surface area contributed by atoms with E-state index in [2.05, 4.69) is 4.72 Å². The maximum atomic E-state index is 12.8. The lowest BCUT2D eigenvalue weighted by molar-refractivity contribution is 0.412. The Labute approximate surface area is 152 Å². The quantitative estimate of drug-likeness (QED) is 0.802. The fourth-order valence-corrected chi connectivity index (χ4v) is 5.02. The molecule has 1 saturated carbocycles. The van der Waals surface area contributed by atoms with E-state index in [0.29, 0.717) is 24.1 Å². The first kappa shape index (κ1) is 18.8. The first-order valence-electron chi connectivity index (χ1n) is 9.18. The molecular formula is C18H25N3O4S. The molecule has 0 unspecified atom stereocenters. The monoisotopic (exact) mass is 379 g/mol. The molecule has 0 bridgehead atoms. The molecule has 1 N–H and O–H groups in total. The number of hydrogen-bond acceptors (Lipinski definition) is 4. The number of fused-ring (bicyclic) bond motifs is 1. The van der Waals surface area contributed by atoms with Crippen LogP contribution in [0.4, 0.5) is 0 Å². The van der Waals surface area contributed by atoms with Gasteiger partial charge in [0.15, 0.2) is 0 Å². The van der Waals surface area contributed by atoms with Crippen LogP contribution in [0, 0.1) is 0 Å². The molecule has 2 aromatic rings. The molecule has 1 aliphatic carbocycles. The van der Waals surface area contributed by atoms with Gasteiger partial charge in [0, 0.05) is 19.1 Å². The molecule has 142 valence electrons. The van der Waals surface area contributed by atoms with Crippen LogP contribution >= 0.6 is 0 Å². The van der Waals surface area contributed by atoms with Crippen molar-refractivity contribution < 1.29 is 8.42 Å². The average molecular weight is 379 g/mol. The zero-order valence-corrected chi connectivity index (χ0v) is 16.0. The standard InChI is InChI=1S/C18H25N3O4S/c1-3-20-15-11-10-14(12-16(15)21(4-2)18(23)17(20)22)26(24,25)19-13-8-6-5-7-9-13/h10-13,19H,3-9H2,1-2H3. The van der Waals surface area contributed by atoms with Gasteiger partial charge >= 0.3 is 11.1 Å². The van der Waals surface area contributed by atoms with Gasteiger partial charge in [-0.3, -0.25) is 9.59 Å². The van der Waals surface area contributed by atoms with E-state index in [0.717, 1.165) is 32.1 Å². The maximum absolute atomic E-state index is 12.8. The molecule has 7 nitrogen and oxygen atoms in total. The molecule has 8 heteroatoms. The van der Waals surface area contributed by atoms with Gasteiger partial charge in [0.25, 0.3) is 0 Å². The Hall–Kier alpha value is -1.93. The van der Waals surface area contributed by atoms with E-state index in [4.69, 9.17) is 0 Å². The number of nitrogens with zero attached hydrogens (tertiary/aromatic N) is 2. The van der Waals surface area contributed by atoms with Gasteiger partial charge in [0.2, 0.25) is 10.0 Å². The van der Waals surface area contributed by atoms with Gasteiger partial charge in [0.1, 0.15) is 0 Å². The van der Waals surface area contributed by atoms with Crippen LogP contribution in [-0.4, -0.2) is 23.6 Å². The summed E-state index contributed by atoms with van der Waals surface area (Å²) in [4.78, 5) is 24.7. The molecule has 0 spiro atoms. The smallest absolute Gasteiger partial charge is 0.302 e. The number of hydrogen-bond donors (Lipinski definition) is 1. The zero-order valence-electron chi connectivity index (χ0n) is 15.2. The lowest BCUT2D eigenvalue weighted by Crippen LogP contribution is -2.41. The predicted octanol–water partition coefficient (Wildman–Crippen LogP) is 1.81. The first-order valence-corrected chi connectivity index (χ1v) is 10.7. The topological polar surface area (TPSA) is 90.2 Å². The molecule has 0 aliphatic heterocycles. The molecule has 0 atom stereocenters. The van der Waals surface area contributed by atoms with Crippen LogP contribution in [0.3, 0.4) is 0 Å². The highest BCUT2D eigenvalue weighted by atomic mass is 32.2. The summed E-state index contributed by atoms with van der Waals surface area (Å²) in [6.45, 7) is 4.19. The second-order valence-electron chi connectivity index (χ2n) is 6.71. The number of aromatic nitrogens is 2. The minimum Gasteiger partial charge on any atom is -0.302 e. The Morgan fingerprint density at radius 1 is 0.962 bits per heavy atom. The molecule has 3 rings (SSSR count). The molecule has 26 heavy (non-hydrogen) atoms. The summed E-state index contributed by atoms with van der Waals surface area (Å²) in [7, 11) is -3.67. The number of sulfonamides is 1. The summed E-state index contributed by atoms with van der Waals surface area (Å²) in [5.41, 5.74) is -0.185. The predicted molar refractivity (Wildman–Crippen MR) is 101 cm³/mol. The number of aryl methyl sites for hydroxylation is 2. The molecule has 1 aromatic heterocycles. The molecule has 1 aromatic carbocycles. The second kappa shape index (κ2) is 7.36. The van der Waals surface area contributed by atoms with Crippen LogP contribution in [0.2, 0.25) is 0 Å². The Morgan fingerprint density at radius 3 is 2.12 bits per heavy atom. The molecular weight excluding hydrogens is 354 g/mol. The van der Waals surface area contributed by atoms with Gasteiger partial charge in [-0.2, -0.15) is 0 Å². The minimum absolute atomic E-state index is 0.0394. The van der Waals surface area contributed by atoms with E-state index in [9.17, 15) is 18.0 Å². The Kier molecular flexibility index (Phi) is 5.34. The number of rotatable bonds is 5. The first-order chi connectivity index (χ1) is 12.4. The van der Waals surface area contributed by atoms with Gasteiger partial charge in [-0.05, 0) is 44.9 Å². The summed E-state index contributed by atoms with van der Waals surface area (Å²) < 4.78 is 31.1. The van der Waals surface area contributed by atoms with Crippen molar-refractivity contribution in [1.29, 1.82) is 0 Å². The van der Waals surface area contributed by atoms with Gasteiger partial charge < -0.3 is 9.13 Å². The van der Waals surface area contributed by atoms with Crippen LogP contribution in [0.5, 0.6) is 0 Å². The molecule has 1 fully saturated rings. The fraction of sp³-hybridized carbons (Fsp3) is 0.556. The summed E-state index contributed by atoms with van der Waals surface area (Å²) in [6, 6.07) is 4.57. The molecule has 0 saturated heterocycles. The van der Waals surface area contributed by atoms with E-state index < -0.39 is 21.1 Å². The van der Waals surface area contributed by atoms with Crippen LogP contribution in [0.25, 0.3) is 11.0 Å². The van der Waals surface area contributed by atoms with Crippen molar-refractivity contribution >= 4 is 21.1 Å². The van der Waals surface area contributed by atoms with E-state index in [1.165, 1.54) is 21.3 Å². The average Bonchev–Trinajstić information content (AvgIpc) is 2.63. The highest BCUT2D eigenvalue weighted by Crippen LogP contribution is 2.22. The molecule has 0 radical (unpaired) electrons. The largest absolute Gasteiger partial charge is 0.316 e. The van der Waals surface area contributed by atoms with Crippen LogP contribution in [0.15, 0.2) is 32.7 Å². The van der Waals surface area contributed by atoms with Crippen molar-refractivity contribution in [2.75, 3.05) is 0 Å². The summed E-state index contributed by atoms with van der Waals surface area (Å²) in [5, 5.41) is 0. The molecule has 0 amide bonds. The van der Waals surface area contributed by atoms with Crippen molar-refractivity contribution in [2.45, 2.75) is 70.0 Å². The second-order valence-corrected chi connectivity index (χ2v) is 8.42. The highest BCUT2D eigenvalue weighted by Gasteiger charge is 2.23. The van der Waals surface area contributed by atoms with Crippen LogP contribution in [0.1, 0.15) is 46.0 Å². The normalized spacial score (nSPS) is 16.2. The van der Waals surface area contributed by atoms with Gasteiger partial charge in [-0.25, -0.2) is 13.1 Å². The maximum Gasteiger partial charge on any atom is 0.316 e. The summed E-state index contributed by atoms with van der Waals surface area (Å²) >= 11 is 0. The third-order valence-electron chi connectivity index (χ3n) is 5.07. The Balaban J connectivity index is 2.12. The Morgan fingerprint density at radius 2 is 1.54 bits per heavy atom. The SMILES string of the molecule is CCn1c(=O)c(=O)n(CC)c2cc(S(=O)(=O)NC3CCCCC3)ccc21. The molecule has 1 aliphatic rings. The van der Waals surface area contributed by atoms with Crippen LogP contribution < -0.4 is 15.8 Å². The lowest BCUT2D eigenvalue weighted by Gasteiger charge is -2.23. The Bertz CT molecular complexity index is 1030. The van der Waals surface area contributed by atoms with E-state index in [1.54, 1.807) is 19.9 Å². The third-order valence-corrected chi connectivity index (χ3v) is 6.59.